The topological polar surface area (TPSA) is 42.0 Å². The van der Waals surface area contributed by atoms with Gasteiger partial charge in [0, 0.05) is 5.39 Å². The lowest BCUT2D eigenvalue weighted by atomic mass is 10.0. The summed E-state index contributed by atoms with van der Waals surface area (Å²) in [6.45, 7) is 0. The number of benzene rings is 2. The van der Waals surface area contributed by atoms with Crippen molar-refractivity contribution in [3.8, 4) is 0 Å². The molecule has 1 amide bonds. The van der Waals surface area contributed by atoms with Gasteiger partial charge in [-0.15, -0.1) is 11.3 Å². The maximum Gasteiger partial charge on any atom is 0.267 e. The van der Waals surface area contributed by atoms with Gasteiger partial charge in [0.05, 0.1) is 15.1 Å². The molecular weight excluding hydrogens is 324 g/mol. The van der Waals surface area contributed by atoms with Gasteiger partial charge in [-0.05, 0) is 46.9 Å². The van der Waals surface area contributed by atoms with E-state index in [1.54, 1.807) is 11.3 Å². The van der Waals surface area contributed by atoms with Gasteiger partial charge in [0.1, 0.15) is 0 Å². The predicted molar refractivity (Wildman–Crippen MR) is 96.8 cm³/mol. The van der Waals surface area contributed by atoms with Crippen LogP contribution in [0.25, 0.3) is 21.0 Å². The smallest absolute Gasteiger partial charge is 0.267 e. The van der Waals surface area contributed by atoms with Crippen molar-refractivity contribution in [2.75, 3.05) is 5.32 Å². The van der Waals surface area contributed by atoms with Crippen molar-refractivity contribution in [2.24, 2.45) is 0 Å². The number of thiazole rings is 1. The molecule has 1 aliphatic rings. The summed E-state index contributed by atoms with van der Waals surface area (Å²) in [4.78, 5) is 17.6. The number of thiophene rings is 1. The molecular formula is C18H12N2OS2. The van der Waals surface area contributed by atoms with E-state index in [2.05, 4.69) is 29.6 Å². The largest absolute Gasteiger partial charge is 0.297 e. The Labute approximate surface area is 140 Å². The second-order valence-corrected chi connectivity index (χ2v) is 7.65. The number of aromatic nitrogens is 1. The molecule has 3 nitrogen and oxygen atoms in total. The van der Waals surface area contributed by atoms with Crippen molar-refractivity contribution in [1.82, 2.24) is 4.98 Å². The fourth-order valence-electron chi connectivity index (χ4n) is 3.32. The van der Waals surface area contributed by atoms with Gasteiger partial charge in [-0.25, -0.2) is 4.98 Å². The Morgan fingerprint density at radius 1 is 1.13 bits per heavy atom. The Morgan fingerprint density at radius 2 is 2.04 bits per heavy atom. The first-order valence-electron chi connectivity index (χ1n) is 7.48. The Balaban J connectivity index is 1.64. The molecule has 0 saturated heterocycles. The molecule has 4 aromatic rings. The molecule has 2 heterocycles. The number of nitrogens with one attached hydrogen (secondary N) is 1. The van der Waals surface area contributed by atoms with E-state index in [9.17, 15) is 4.79 Å². The molecule has 5 heteroatoms. The third-order valence-corrected chi connectivity index (χ3v) is 6.10. The highest BCUT2D eigenvalue weighted by Gasteiger charge is 2.19. The number of rotatable bonds is 2. The van der Waals surface area contributed by atoms with E-state index < -0.39 is 0 Å². The first-order valence-corrected chi connectivity index (χ1v) is 9.18. The van der Waals surface area contributed by atoms with E-state index in [0.717, 1.165) is 23.1 Å². The fraction of sp³-hybridized carbons (Fsp3) is 0.111. The van der Waals surface area contributed by atoms with Gasteiger partial charge in [-0.1, -0.05) is 35.6 Å². The van der Waals surface area contributed by atoms with Crippen LogP contribution in [-0.2, 0) is 12.8 Å². The molecule has 0 unspecified atom stereocenters. The summed E-state index contributed by atoms with van der Waals surface area (Å²) < 4.78 is 1.15. The van der Waals surface area contributed by atoms with Gasteiger partial charge < -0.3 is 0 Å². The fourth-order valence-corrected chi connectivity index (χ4v) is 4.89. The lowest BCUT2D eigenvalue weighted by Crippen LogP contribution is -2.09. The molecule has 0 atom stereocenters. The van der Waals surface area contributed by atoms with Crippen molar-refractivity contribution in [1.29, 1.82) is 0 Å². The summed E-state index contributed by atoms with van der Waals surface area (Å²) >= 11 is 2.99. The van der Waals surface area contributed by atoms with Crippen LogP contribution < -0.4 is 5.32 Å². The number of aryl methyl sites for hydroxylation is 2. The molecule has 0 saturated carbocycles. The number of hydrogen-bond acceptors (Lipinski definition) is 4. The summed E-state index contributed by atoms with van der Waals surface area (Å²) in [6, 6.07) is 12.4. The minimum absolute atomic E-state index is 0.0867. The Hall–Kier alpha value is -2.24. The third-order valence-electron chi connectivity index (χ3n) is 4.31. The average Bonchev–Trinajstić information content (AvgIpc) is 3.27. The van der Waals surface area contributed by atoms with Gasteiger partial charge >= 0.3 is 0 Å². The third kappa shape index (κ3) is 2.00. The van der Waals surface area contributed by atoms with Crippen LogP contribution in [0, 0.1) is 0 Å². The molecule has 1 aliphatic carbocycles. The summed E-state index contributed by atoms with van der Waals surface area (Å²) in [5.41, 5.74) is 3.82. The van der Waals surface area contributed by atoms with Crippen LogP contribution in [0.5, 0.6) is 0 Å². The quantitative estimate of drug-likeness (QED) is 0.568. The van der Waals surface area contributed by atoms with Crippen LogP contribution >= 0.6 is 22.7 Å². The van der Waals surface area contributed by atoms with E-state index in [1.807, 2.05) is 17.5 Å². The van der Waals surface area contributed by atoms with Crippen molar-refractivity contribution in [3.63, 3.8) is 0 Å². The molecule has 0 radical (unpaired) electrons. The second-order valence-electron chi connectivity index (χ2n) is 5.67. The molecule has 2 aromatic carbocycles. The Kier molecular flexibility index (Phi) is 2.80. The van der Waals surface area contributed by atoms with Gasteiger partial charge in [-0.3, -0.25) is 10.1 Å². The van der Waals surface area contributed by atoms with Crippen molar-refractivity contribution in [3.05, 3.63) is 57.8 Å². The molecule has 2 aromatic heterocycles. The second kappa shape index (κ2) is 4.88. The van der Waals surface area contributed by atoms with Crippen molar-refractivity contribution in [2.45, 2.75) is 12.8 Å². The Morgan fingerprint density at radius 3 is 2.91 bits per heavy atom. The summed E-state index contributed by atoms with van der Waals surface area (Å²) in [5, 5.41) is 8.07. The minimum Gasteiger partial charge on any atom is -0.297 e. The highest BCUT2D eigenvalue weighted by Crippen LogP contribution is 2.39. The van der Waals surface area contributed by atoms with Crippen molar-refractivity contribution < 1.29 is 4.79 Å². The van der Waals surface area contributed by atoms with E-state index in [0.29, 0.717) is 10.0 Å². The molecule has 0 bridgehead atoms. The number of anilines is 1. The molecule has 23 heavy (non-hydrogen) atoms. The number of fused-ring (bicyclic) bond motifs is 2. The Bertz CT molecular complexity index is 1060. The zero-order valence-corrected chi connectivity index (χ0v) is 13.8. The number of carbonyl (C=O) groups excluding carboxylic acids is 1. The SMILES string of the molecule is O=C(Nc1nc2c(cc3c4c(cccc42)CC3)s1)c1cccs1. The van der Waals surface area contributed by atoms with Gasteiger partial charge in [0.2, 0.25) is 0 Å². The number of amides is 1. The van der Waals surface area contributed by atoms with Crippen LogP contribution in [0.3, 0.4) is 0 Å². The summed E-state index contributed by atoms with van der Waals surface area (Å²) in [7, 11) is 0. The molecule has 112 valence electrons. The van der Waals surface area contributed by atoms with Crippen molar-refractivity contribution >= 4 is 54.7 Å². The van der Waals surface area contributed by atoms with Crippen LogP contribution in [0.15, 0.2) is 41.8 Å². The highest BCUT2D eigenvalue weighted by molar-refractivity contribution is 7.22. The van der Waals surface area contributed by atoms with Gasteiger partial charge in [0.15, 0.2) is 5.13 Å². The molecule has 0 spiro atoms. The van der Waals surface area contributed by atoms with Crippen LogP contribution in [0.4, 0.5) is 5.13 Å². The normalized spacial score (nSPS) is 13.0. The minimum atomic E-state index is -0.0867. The number of hydrogen-bond donors (Lipinski definition) is 1. The first kappa shape index (κ1) is 13.2. The van der Waals surface area contributed by atoms with Crippen LogP contribution in [-0.4, -0.2) is 10.9 Å². The van der Waals surface area contributed by atoms with E-state index in [1.165, 1.54) is 33.2 Å². The zero-order chi connectivity index (χ0) is 15.4. The molecule has 0 fully saturated rings. The lowest BCUT2D eigenvalue weighted by Gasteiger charge is -2.02. The molecule has 0 aliphatic heterocycles. The standard InChI is InChI=1S/C18H12N2OS2/c21-17(13-5-2-8-22-13)20-18-19-16-12-4-1-3-10-6-7-11(15(10)12)9-14(16)23-18/h1-5,8-9H,6-7H2,(H,19,20,21). The van der Waals surface area contributed by atoms with Crippen LogP contribution in [0.1, 0.15) is 20.8 Å². The van der Waals surface area contributed by atoms with Gasteiger partial charge in [-0.2, -0.15) is 0 Å². The predicted octanol–water partition coefficient (Wildman–Crippen LogP) is 4.86. The number of nitrogens with zero attached hydrogens (tertiary/aromatic N) is 1. The molecule has 5 rings (SSSR count). The summed E-state index contributed by atoms with van der Waals surface area (Å²) in [5.74, 6) is -0.0867. The maximum atomic E-state index is 12.2. The van der Waals surface area contributed by atoms with E-state index >= 15 is 0 Å². The molecule has 1 N–H and O–H groups in total. The number of carbonyl (C=O) groups is 1. The average molecular weight is 336 g/mol. The van der Waals surface area contributed by atoms with Gasteiger partial charge in [0.25, 0.3) is 5.91 Å². The maximum absolute atomic E-state index is 12.2. The van der Waals surface area contributed by atoms with E-state index in [-0.39, 0.29) is 5.91 Å². The van der Waals surface area contributed by atoms with E-state index in [4.69, 9.17) is 4.98 Å². The first-order chi connectivity index (χ1) is 11.3. The monoisotopic (exact) mass is 336 g/mol. The zero-order valence-electron chi connectivity index (χ0n) is 12.1. The highest BCUT2D eigenvalue weighted by atomic mass is 32.1. The lowest BCUT2D eigenvalue weighted by molar-refractivity contribution is 0.103. The van der Waals surface area contributed by atoms with Crippen LogP contribution in [0.2, 0.25) is 0 Å². The summed E-state index contributed by atoms with van der Waals surface area (Å²) in [6.07, 6.45) is 2.21.